The Kier molecular flexibility index (Phi) is 13.1. The van der Waals surface area contributed by atoms with Crippen LogP contribution in [0.1, 0.15) is 78.0 Å². The zero-order chi connectivity index (χ0) is 36.9. The number of β-amino-alcohol motifs (C(OH)–C–C–N with tert-alkyl or cyclic N) is 1. The van der Waals surface area contributed by atoms with Crippen LogP contribution in [-0.2, 0) is 41.8 Å². The predicted molar refractivity (Wildman–Crippen MR) is 196 cm³/mol. The van der Waals surface area contributed by atoms with Crippen molar-refractivity contribution in [3.63, 3.8) is 0 Å². The van der Waals surface area contributed by atoms with Gasteiger partial charge in [0.2, 0.25) is 11.8 Å². The van der Waals surface area contributed by atoms with Gasteiger partial charge in [-0.1, -0.05) is 49.6 Å². The second kappa shape index (κ2) is 16.5. The summed E-state index contributed by atoms with van der Waals surface area (Å²) in [6.07, 6.45) is 5.41. The molecule has 1 saturated heterocycles. The predicted octanol–water partition coefficient (Wildman–Crippen LogP) is 3.35. The number of aromatic nitrogens is 1. The number of hydrogen-bond donors (Lipinski definition) is 4. The number of aliphatic hydroxyl groups is 1. The monoisotopic (exact) mass is 733 g/mol. The fourth-order valence-corrected chi connectivity index (χ4v) is 8.31. The number of carbonyl (C=O) groups is 3. The van der Waals surface area contributed by atoms with E-state index in [9.17, 15) is 27.9 Å². The number of likely N-dealkylation sites (tertiary alicyclic amines) is 1. The Morgan fingerprint density at radius 1 is 1.08 bits per heavy atom. The van der Waals surface area contributed by atoms with E-state index in [0.717, 1.165) is 55.3 Å². The highest BCUT2D eigenvalue weighted by molar-refractivity contribution is 7.92. The lowest BCUT2D eigenvalue weighted by Crippen LogP contribution is -2.62. The van der Waals surface area contributed by atoms with Gasteiger partial charge in [0, 0.05) is 30.3 Å². The van der Waals surface area contributed by atoms with Crippen LogP contribution in [0.15, 0.2) is 35.7 Å². The number of thiazole rings is 1. The normalized spacial score (nSPS) is 22.0. The number of methoxy groups -OCH3 is 1. The van der Waals surface area contributed by atoms with Crippen LogP contribution < -0.4 is 16.0 Å². The van der Waals surface area contributed by atoms with Gasteiger partial charge in [0.25, 0.3) is 0 Å². The number of amides is 2. The highest BCUT2D eigenvalue weighted by Crippen LogP contribution is 2.39. The number of aliphatic hydroxyl groups excluding tert-OH is 1. The summed E-state index contributed by atoms with van der Waals surface area (Å²) in [4.78, 5) is 46.2. The van der Waals surface area contributed by atoms with E-state index in [1.165, 1.54) is 21.0 Å². The minimum Gasteiger partial charge on any atom is -0.469 e. The summed E-state index contributed by atoms with van der Waals surface area (Å²) < 4.78 is 29.3. The molecule has 2 aromatic rings. The topological polar surface area (TPSA) is 167 Å². The van der Waals surface area contributed by atoms with Crippen LogP contribution in [0.25, 0.3) is 0 Å². The summed E-state index contributed by atoms with van der Waals surface area (Å²) in [5.41, 5.74) is 0.884. The number of benzene rings is 1. The first-order chi connectivity index (χ1) is 23.4. The summed E-state index contributed by atoms with van der Waals surface area (Å²) >= 11 is 1.14. The molecule has 14 heteroatoms. The Balaban J connectivity index is 1.62. The molecule has 2 fully saturated rings. The molecule has 2 aliphatic rings. The van der Waals surface area contributed by atoms with Crippen LogP contribution in [0.3, 0.4) is 0 Å². The van der Waals surface area contributed by atoms with Crippen molar-refractivity contribution in [2.45, 2.75) is 114 Å². The quantitative estimate of drug-likeness (QED) is 0.212. The SMILES string of the molecule is COC(=O)Cc1csc(N[C@H](C(=O)N[C@@H](Cc2ccccc2)[C@H](O)CN2CC3CCCCC3C[C@H]2C(=O)NC(C)(C)C)C(C)(C)S(C)(=O)=O)n1. The average molecular weight is 734 g/mol. The van der Waals surface area contributed by atoms with Gasteiger partial charge in [-0.25, -0.2) is 13.4 Å². The van der Waals surface area contributed by atoms with Gasteiger partial charge in [0.1, 0.15) is 6.04 Å². The van der Waals surface area contributed by atoms with Crippen molar-refractivity contribution >= 4 is 44.1 Å². The maximum absolute atomic E-state index is 14.3. The maximum Gasteiger partial charge on any atom is 0.311 e. The number of carbonyl (C=O) groups excluding carboxylic acids is 3. The summed E-state index contributed by atoms with van der Waals surface area (Å²) in [6, 6.07) is 6.94. The van der Waals surface area contributed by atoms with Gasteiger partial charge in [-0.05, 0) is 71.3 Å². The number of nitrogens with zero attached hydrogens (tertiary/aromatic N) is 2. The number of nitrogens with one attached hydrogen (secondary N) is 3. The molecule has 0 radical (unpaired) electrons. The molecule has 4 rings (SSSR count). The number of hydrogen-bond acceptors (Lipinski definition) is 11. The lowest BCUT2D eigenvalue weighted by atomic mass is 9.72. The van der Waals surface area contributed by atoms with Crippen molar-refractivity contribution in [3.05, 3.63) is 47.0 Å². The fraction of sp³-hybridized carbons (Fsp3) is 0.667. The van der Waals surface area contributed by atoms with Crippen LogP contribution >= 0.6 is 11.3 Å². The van der Waals surface area contributed by atoms with Crippen LogP contribution in [0, 0.1) is 11.8 Å². The number of ether oxygens (including phenoxy) is 1. The molecular weight excluding hydrogens is 679 g/mol. The Bertz CT molecular complexity index is 1570. The molecule has 50 heavy (non-hydrogen) atoms. The molecular formula is C36H55N5O7S2. The number of sulfone groups is 1. The molecule has 278 valence electrons. The second-order valence-corrected chi connectivity index (χ2v) is 18.9. The third kappa shape index (κ3) is 10.5. The van der Waals surface area contributed by atoms with Gasteiger partial charge in [-0.15, -0.1) is 11.3 Å². The van der Waals surface area contributed by atoms with E-state index in [0.29, 0.717) is 24.1 Å². The lowest BCUT2D eigenvalue weighted by Gasteiger charge is -2.47. The summed E-state index contributed by atoms with van der Waals surface area (Å²) in [5.74, 6) is -0.277. The summed E-state index contributed by atoms with van der Waals surface area (Å²) in [5, 5.41) is 23.0. The minimum atomic E-state index is -3.80. The van der Waals surface area contributed by atoms with E-state index < -0.39 is 56.2 Å². The summed E-state index contributed by atoms with van der Waals surface area (Å²) in [7, 11) is -2.52. The molecule has 1 saturated carbocycles. The number of anilines is 1. The first kappa shape index (κ1) is 39.7. The number of fused-ring (bicyclic) bond motifs is 1. The first-order valence-electron chi connectivity index (χ1n) is 17.4. The van der Waals surface area contributed by atoms with Gasteiger partial charge in [0.05, 0.1) is 42.2 Å². The molecule has 2 unspecified atom stereocenters. The molecule has 6 atom stereocenters. The molecule has 0 bridgehead atoms. The van der Waals surface area contributed by atoms with E-state index in [1.54, 1.807) is 5.38 Å². The van der Waals surface area contributed by atoms with E-state index in [2.05, 4.69) is 25.8 Å². The van der Waals surface area contributed by atoms with Gasteiger partial charge in [-0.3, -0.25) is 19.3 Å². The van der Waals surface area contributed by atoms with Crippen molar-refractivity contribution in [2.75, 3.05) is 31.8 Å². The number of rotatable bonds is 14. The third-order valence-corrected chi connectivity index (χ3v) is 13.1. The number of esters is 1. The molecule has 1 aliphatic carbocycles. The van der Waals surface area contributed by atoms with Crippen molar-refractivity contribution in [2.24, 2.45) is 11.8 Å². The lowest BCUT2D eigenvalue weighted by molar-refractivity contribution is -0.139. The van der Waals surface area contributed by atoms with E-state index in [1.807, 2.05) is 51.1 Å². The fourth-order valence-electron chi connectivity index (χ4n) is 6.98. The molecule has 4 N–H and O–H groups in total. The van der Waals surface area contributed by atoms with E-state index in [-0.39, 0.29) is 30.4 Å². The van der Waals surface area contributed by atoms with Crippen LogP contribution in [0.5, 0.6) is 0 Å². The van der Waals surface area contributed by atoms with E-state index in [4.69, 9.17) is 4.74 Å². The standard InChI is InChI=1S/C36H55N5O7S2/c1-35(2,3)40-32(44)28-18-24-15-11-12-16-25(24)20-41(28)21-29(42)27(17-23-13-9-8-10-14-23)38-33(45)31(36(4,5)50(7,46)47)39-34-37-26(22-49-34)19-30(43)48-6/h8-10,13-14,22,24-25,27-29,31,42H,11-12,15-21H2,1-7H3,(H,37,39)(H,38,45)(H,40,44)/t24?,25?,27-,28-,29+,31+/m0/s1. The molecule has 0 spiro atoms. The van der Waals surface area contributed by atoms with Crippen molar-refractivity contribution in [1.82, 2.24) is 20.5 Å². The highest BCUT2D eigenvalue weighted by Gasteiger charge is 2.46. The Hall–Kier alpha value is -3.07. The number of piperidine rings is 1. The maximum atomic E-state index is 14.3. The Labute approximate surface area is 301 Å². The Morgan fingerprint density at radius 3 is 2.36 bits per heavy atom. The smallest absolute Gasteiger partial charge is 0.311 e. The largest absolute Gasteiger partial charge is 0.469 e. The van der Waals surface area contributed by atoms with Gasteiger partial charge >= 0.3 is 5.97 Å². The van der Waals surface area contributed by atoms with Gasteiger partial charge in [-0.2, -0.15) is 0 Å². The molecule has 1 aliphatic heterocycles. The zero-order valence-electron chi connectivity index (χ0n) is 30.4. The Morgan fingerprint density at radius 2 is 1.74 bits per heavy atom. The van der Waals surface area contributed by atoms with Crippen molar-refractivity contribution in [3.8, 4) is 0 Å². The van der Waals surface area contributed by atoms with E-state index >= 15 is 0 Å². The molecule has 1 aromatic heterocycles. The van der Waals surface area contributed by atoms with Crippen LogP contribution in [0.2, 0.25) is 0 Å². The highest BCUT2D eigenvalue weighted by atomic mass is 32.2. The van der Waals surface area contributed by atoms with Crippen LogP contribution in [0.4, 0.5) is 5.13 Å². The van der Waals surface area contributed by atoms with Crippen molar-refractivity contribution in [1.29, 1.82) is 0 Å². The second-order valence-electron chi connectivity index (χ2n) is 15.5. The average Bonchev–Trinajstić information content (AvgIpc) is 3.48. The van der Waals surface area contributed by atoms with Gasteiger partial charge < -0.3 is 25.8 Å². The van der Waals surface area contributed by atoms with Crippen molar-refractivity contribution < 1.29 is 32.6 Å². The third-order valence-electron chi connectivity index (χ3n) is 10.1. The molecule has 12 nitrogen and oxygen atoms in total. The zero-order valence-corrected chi connectivity index (χ0v) is 32.0. The van der Waals surface area contributed by atoms with Crippen LogP contribution in [-0.4, -0.2) is 102 Å². The first-order valence-corrected chi connectivity index (χ1v) is 20.2. The summed E-state index contributed by atoms with van der Waals surface area (Å²) in [6.45, 7) is 9.64. The molecule has 2 heterocycles. The van der Waals surface area contributed by atoms with Gasteiger partial charge in [0.15, 0.2) is 15.0 Å². The molecule has 1 aromatic carbocycles. The molecule has 2 amide bonds. The minimum absolute atomic E-state index is 0.0634.